The van der Waals surface area contributed by atoms with Crippen molar-refractivity contribution in [1.29, 1.82) is 0 Å². The van der Waals surface area contributed by atoms with Gasteiger partial charge in [0.1, 0.15) is 0 Å². The van der Waals surface area contributed by atoms with Crippen molar-refractivity contribution >= 4 is 11.6 Å². The highest BCUT2D eigenvalue weighted by Gasteiger charge is 2.33. The Balaban J connectivity index is 2.53. The van der Waals surface area contributed by atoms with Gasteiger partial charge in [-0.05, 0) is 40.8 Å². The number of hydrogen-bond donors (Lipinski definition) is 0. The molecular formula is C16H13ClF3. The van der Waals surface area contributed by atoms with Gasteiger partial charge in [-0.25, -0.2) is 0 Å². The van der Waals surface area contributed by atoms with Crippen LogP contribution >= 0.6 is 11.6 Å². The minimum atomic E-state index is -4.43. The van der Waals surface area contributed by atoms with Gasteiger partial charge >= 0.3 is 6.18 Å². The summed E-state index contributed by atoms with van der Waals surface area (Å²) >= 11 is 5.76. The Morgan fingerprint density at radius 2 is 1.85 bits per heavy atom. The summed E-state index contributed by atoms with van der Waals surface area (Å²) in [6.45, 7) is 4.05. The standard InChI is InChI=1S/C16H13ClF3/c1-10(2)12-5-3-4-6-13(12)11-7-8-14(15(17)9-11)16(18,19)20/h3-5,7-10H,1-2H3. The molecule has 0 heterocycles. The van der Waals surface area contributed by atoms with Crippen LogP contribution in [-0.4, -0.2) is 0 Å². The summed E-state index contributed by atoms with van der Waals surface area (Å²) in [7, 11) is 0. The molecule has 0 unspecified atom stereocenters. The van der Waals surface area contributed by atoms with Crippen molar-refractivity contribution in [2.75, 3.05) is 0 Å². The normalized spacial score (nSPS) is 11.9. The average Bonchev–Trinajstić information content (AvgIpc) is 2.37. The minimum Gasteiger partial charge on any atom is -0.166 e. The topological polar surface area (TPSA) is 0 Å². The van der Waals surface area contributed by atoms with Crippen LogP contribution in [0.5, 0.6) is 0 Å². The SMILES string of the molecule is CC(C)c1ccc[c]c1-c1ccc(C(F)(F)F)c(Cl)c1. The van der Waals surface area contributed by atoms with Crippen LogP contribution in [0.3, 0.4) is 0 Å². The van der Waals surface area contributed by atoms with E-state index in [1.165, 1.54) is 12.1 Å². The Labute approximate surface area is 121 Å². The van der Waals surface area contributed by atoms with Crippen LogP contribution in [0.15, 0.2) is 36.4 Å². The second-order valence-electron chi connectivity index (χ2n) is 4.85. The van der Waals surface area contributed by atoms with Gasteiger partial charge in [0.15, 0.2) is 0 Å². The first kappa shape index (κ1) is 14.9. The third-order valence-corrected chi connectivity index (χ3v) is 3.39. The van der Waals surface area contributed by atoms with Gasteiger partial charge in [-0.3, -0.25) is 0 Å². The molecule has 2 aromatic rings. The highest BCUT2D eigenvalue weighted by molar-refractivity contribution is 6.31. The van der Waals surface area contributed by atoms with Crippen molar-refractivity contribution in [2.45, 2.75) is 25.9 Å². The lowest BCUT2D eigenvalue weighted by atomic mass is 9.92. The van der Waals surface area contributed by atoms with Gasteiger partial charge in [0.2, 0.25) is 0 Å². The zero-order valence-corrected chi connectivity index (χ0v) is 11.8. The molecule has 2 rings (SSSR count). The van der Waals surface area contributed by atoms with Gasteiger partial charge in [0, 0.05) is 0 Å². The van der Waals surface area contributed by atoms with E-state index in [-0.39, 0.29) is 10.9 Å². The zero-order valence-electron chi connectivity index (χ0n) is 11.1. The molecule has 1 radical (unpaired) electrons. The predicted molar refractivity (Wildman–Crippen MR) is 74.8 cm³/mol. The van der Waals surface area contributed by atoms with Gasteiger partial charge in [-0.15, -0.1) is 0 Å². The molecule has 20 heavy (non-hydrogen) atoms. The third-order valence-electron chi connectivity index (χ3n) is 3.07. The summed E-state index contributed by atoms with van der Waals surface area (Å²) in [5.41, 5.74) is 1.65. The largest absolute Gasteiger partial charge is 0.417 e. The van der Waals surface area contributed by atoms with Gasteiger partial charge < -0.3 is 0 Å². The van der Waals surface area contributed by atoms with E-state index in [9.17, 15) is 13.2 Å². The van der Waals surface area contributed by atoms with E-state index in [1.807, 2.05) is 26.0 Å². The summed E-state index contributed by atoms with van der Waals surface area (Å²) in [6.07, 6.45) is -4.43. The van der Waals surface area contributed by atoms with Crippen molar-refractivity contribution in [2.24, 2.45) is 0 Å². The number of rotatable bonds is 2. The van der Waals surface area contributed by atoms with E-state index < -0.39 is 11.7 Å². The van der Waals surface area contributed by atoms with E-state index >= 15 is 0 Å². The lowest BCUT2D eigenvalue weighted by molar-refractivity contribution is -0.137. The smallest absolute Gasteiger partial charge is 0.166 e. The average molecular weight is 298 g/mol. The van der Waals surface area contributed by atoms with Crippen molar-refractivity contribution in [1.82, 2.24) is 0 Å². The molecule has 0 N–H and O–H groups in total. The van der Waals surface area contributed by atoms with Crippen molar-refractivity contribution in [3.8, 4) is 11.1 Å². The molecule has 0 fully saturated rings. The molecule has 105 valence electrons. The molecule has 0 aliphatic rings. The van der Waals surface area contributed by atoms with Crippen LogP contribution in [0, 0.1) is 6.07 Å². The van der Waals surface area contributed by atoms with Crippen LogP contribution in [-0.2, 0) is 6.18 Å². The fourth-order valence-corrected chi connectivity index (χ4v) is 2.37. The van der Waals surface area contributed by atoms with Crippen molar-refractivity contribution in [3.63, 3.8) is 0 Å². The Bertz CT molecular complexity index is 615. The molecule has 0 saturated heterocycles. The maximum absolute atomic E-state index is 12.7. The minimum absolute atomic E-state index is 0.253. The highest BCUT2D eigenvalue weighted by atomic mass is 35.5. The zero-order chi connectivity index (χ0) is 14.9. The summed E-state index contributed by atoms with van der Waals surface area (Å²) in [4.78, 5) is 0. The first-order chi connectivity index (χ1) is 9.30. The first-order valence-electron chi connectivity index (χ1n) is 6.18. The fraction of sp³-hybridized carbons (Fsp3) is 0.250. The highest BCUT2D eigenvalue weighted by Crippen LogP contribution is 2.38. The van der Waals surface area contributed by atoms with Gasteiger partial charge in [0.25, 0.3) is 0 Å². The molecule has 4 heteroatoms. The van der Waals surface area contributed by atoms with Crippen molar-refractivity contribution in [3.05, 3.63) is 58.6 Å². The molecule has 0 bridgehead atoms. The Morgan fingerprint density at radius 3 is 2.40 bits per heavy atom. The van der Waals surface area contributed by atoms with E-state index in [0.29, 0.717) is 5.56 Å². The van der Waals surface area contributed by atoms with Crippen LogP contribution in [0.4, 0.5) is 13.2 Å². The Hall–Kier alpha value is -1.48. The third kappa shape index (κ3) is 2.98. The molecule has 0 spiro atoms. The molecular weight excluding hydrogens is 285 g/mol. The quantitative estimate of drug-likeness (QED) is 0.642. The molecule has 0 aliphatic heterocycles. The second kappa shape index (κ2) is 5.49. The van der Waals surface area contributed by atoms with Gasteiger partial charge in [-0.2, -0.15) is 13.2 Å². The summed E-state index contributed by atoms with van der Waals surface area (Å²) < 4.78 is 38.1. The number of halogens is 4. The molecule has 2 aromatic carbocycles. The monoisotopic (exact) mass is 297 g/mol. The van der Waals surface area contributed by atoms with Crippen molar-refractivity contribution < 1.29 is 13.2 Å². The maximum Gasteiger partial charge on any atom is 0.417 e. The molecule has 0 nitrogen and oxygen atoms in total. The Morgan fingerprint density at radius 1 is 1.15 bits per heavy atom. The fourth-order valence-electron chi connectivity index (χ4n) is 2.08. The summed E-state index contributed by atoms with van der Waals surface area (Å²) in [5, 5.41) is -0.290. The predicted octanol–water partition coefficient (Wildman–Crippen LogP) is 5.95. The van der Waals surface area contributed by atoms with E-state index in [2.05, 4.69) is 6.07 Å². The van der Waals surface area contributed by atoms with E-state index in [1.54, 1.807) is 6.07 Å². The molecule has 0 aliphatic carbocycles. The second-order valence-corrected chi connectivity index (χ2v) is 5.25. The maximum atomic E-state index is 12.7. The molecule has 0 saturated carbocycles. The number of hydrogen-bond acceptors (Lipinski definition) is 0. The lowest BCUT2D eigenvalue weighted by Gasteiger charge is -2.14. The van der Waals surface area contributed by atoms with Crippen LogP contribution in [0.1, 0.15) is 30.9 Å². The van der Waals surface area contributed by atoms with E-state index in [0.717, 1.165) is 17.2 Å². The van der Waals surface area contributed by atoms with Gasteiger partial charge in [-0.1, -0.05) is 49.7 Å². The molecule has 0 atom stereocenters. The van der Waals surface area contributed by atoms with Gasteiger partial charge in [0.05, 0.1) is 10.6 Å². The summed E-state index contributed by atoms with van der Waals surface area (Å²) in [6, 6.07) is 12.4. The first-order valence-corrected chi connectivity index (χ1v) is 6.56. The van der Waals surface area contributed by atoms with Crippen LogP contribution in [0.25, 0.3) is 11.1 Å². The van der Waals surface area contributed by atoms with Crippen LogP contribution < -0.4 is 0 Å². The number of alkyl halides is 3. The van der Waals surface area contributed by atoms with Crippen LogP contribution in [0.2, 0.25) is 5.02 Å². The number of benzene rings is 2. The summed E-state index contributed by atoms with van der Waals surface area (Å²) in [5.74, 6) is 0.253. The Kier molecular flexibility index (Phi) is 4.09. The lowest BCUT2D eigenvalue weighted by Crippen LogP contribution is -2.05. The molecule has 0 amide bonds. The molecule has 0 aromatic heterocycles. The van der Waals surface area contributed by atoms with E-state index in [4.69, 9.17) is 11.6 Å².